The van der Waals surface area contributed by atoms with Crippen molar-refractivity contribution in [3.8, 4) is 0 Å². The molecule has 0 rings (SSSR count). The van der Waals surface area contributed by atoms with Gasteiger partial charge in [-0.1, -0.05) is 6.08 Å². The number of nitrogens with one attached hydrogen (secondary N) is 1. The molecule has 0 aromatic carbocycles. The van der Waals surface area contributed by atoms with Gasteiger partial charge in [-0.05, 0) is 18.9 Å². The zero-order chi connectivity index (χ0) is 7.11. The Bertz CT molecular complexity index is 114. The van der Waals surface area contributed by atoms with E-state index in [1.54, 1.807) is 0 Å². The standard InChI is InChI=1S/C5H10N2OS/c1-2-5(3-6)9-7-4-8/h2,4H,3,6H2,1H3,(H,7,8)/b5-2-. The number of rotatable bonds is 4. The van der Waals surface area contributed by atoms with Gasteiger partial charge < -0.3 is 5.73 Å². The maximum absolute atomic E-state index is 9.74. The van der Waals surface area contributed by atoms with Crippen LogP contribution in [0.4, 0.5) is 0 Å². The fourth-order valence-corrected chi connectivity index (χ4v) is 0.719. The van der Waals surface area contributed by atoms with Gasteiger partial charge in [-0.25, -0.2) is 0 Å². The second-order valence-corrected chi connectivity index (χ2v) is 2.26. The van der Waals surface area contributed by atoms with Crippen molar-refractivity contribution in [2.45, 2.75) is 6.92 Å². The van der Waals surface area contributed by atoms with Crippen molar-refractivity contribution in [3.05, 3.63) is 11.0 Å². The topological polar surface area (TPSA) is 55.1 Å². The highest BCUT2D eigenvalue weighted by Gasteiger charge is 1.89. The van der Waals surface area contributed by atoms with E-state index < -0.39 is 0 Å². The van der Waals surface area contributed by atoms with Crippen LogP contribution < -0.4 is 10.5 Å². The summed E-state index contributed by atoms with van der Waals surface area (Å²) in [6, 6.07) is 0. The first-order valence-electron chi connectivity index (χ1n) is 2.56. The molecule has 0 fully saturated rings. The van der Waals surface area contributed by atoms with E-state index in [4.69, 9.17) is 5.73 Å². The summed E-state index contributed by atoms with van der Waals surface area (Å²) in [5.41, 5.74) is 5.28. The van der Waals surface area contributed by atoms with Gasteiger partial charge in [0.1, 0.15) is 0 Å². The van der Waals surface area contributed by atoms with Gasteiger partial charge in [0.05, 0.1) is 0 Å². The molecule has 0 radical (unpaired) electrons. The Kier molecular flexibility index (Phi) is 5.35. The van der Waals surface area contributed by atoms with Gasteiger partial charge in [-0.2, -0.15) is 0 Å². The molecular weight excluding hydrogens is 136 g/mol. The molecule has 0 aromatic rings. The predicted molar refractivity (Wildman–Crippen MR) is 39.6 cm³/mol. The first-order chi connectivity index (χ1) is 4.35. The normalized spacial score (nSPS) is 11.1. The van der Waals surface area contributed by atoms with Crippen LogP contribution in [0.2, 0.25) is 0 Å². The van der Waals surface area contributed by atoms with Crippen LogP contribution in [0, 0.1) is 0 Å². The van der Waals surface area contributed by atoms with Crippen LogP contribution in [0.25, 0.3) is 0 Å². The third-order valence-electron chi connectivity index (χ3n) is 0.761. The van der Waals surface area contributed by atoms with Gasteiger partial charge in [0.2, 0.25) is 6.41 Å². The zero-order valence-corrected chi connectivity index (χ0v) is 6.07. The summed E-state index contributed by atoms with van der Waals surface area (Å²) in [5.74, 6) is 0. The third-order valence-corrected chi connectivity index (χ3v) is 1.64. The molecule has 4 heteroatoms. The molecule has 0 atom stereocenters. The Labute approximate surface area is 58.8 Å². The van der Waals surface area contributed by atoms with Crippen molar-refractivity contribution >= 4 is 18.4 Å². The molecule has 0 aliphatic rings. The van der Waals surface area contributed by atoms with Crippen molar-refractivity contribution in [3.63, 3.8) is 0 Å². The summed E-state index contributed by atoms with van der Waals surface area (Å²) < 4.78 is 2.44. The highest BCUT2D eigenvalue weighted by atomic mass is 32.2. The van der Waals surface area contributed by atoms with Gasteiger partial charge in [-0.15, -0.1) is 0 Å². The highest BCUT2D eigenvalue weighted by Crippen LogP contribution is 2.06. The molecule has 3 nitrogen and oxygen atoms in total. The van der Waals surface area contributed by atoms with Crippen LogP contribution in [-0.2, 0) is 4.79 Å². The summed E-state index contributed by atoms with van der Waals surface area (Å²) in [5, 5.41) is 0. The number of carbonyl (C=O) groups is 1. The first-order valence-corrected chi connectivity index (χ1v) is 3.38. The number of hydrogen-bond acceptors (Lipinski definition) is 3. The monoisotopic (exact) mass is 146 g/mol. The predicted octanol–water partition coefficient (Wildman–Crippen LogP) is 0.243. The quantitative estimate of drug-likeness (QED) is 0.441. The summed E-state index contributed by atoms with van der Waals surface area (Å²) in [6.45, 7) is 2.35. The van der Waals surface area contributed by atoms with E-state index in [-0.39, 0.29) is 0 Å². The molecule has 52 valence electrons. The fourth-order valence-electron chi connectivity index (χ4n) is 0.318. The summed E-state index contributed by atoms with van der Waals surface area (Å²) >= 11 is 1.24. The summed E-state index contributed by atoms with van der Waals surface area (Å²) in [6.07, 6.45) is 2.49. The number of nitrogens with two attached hydrogens (primary N) is 1. The average molecular weight is 146 g/mol. The van der Waals surface area contributed by atoms with Crippen LogP contribution in [0.3, 0.4) is 0 Å². The molecule has 0 bridgehead atoms. The number of carbonyl (C=O) groups excluding carboxylic acids is 1. The molecule has 3 N–H and O–H groups in total. The summed E-state index contributed by atoms with van der Waals surface area (Å²) in [7, 11) is 0. The molecule has 0 heterocycles. The average Bonchev–Trinajstić information content (AvgIpc) is 1.91. The molecule has 0 aliphatic carbocycles. The van der Waals surface area contributed by atoms with Crippen molar-refractivity contribution in [2.75, 3.05) is 6.54 Å². The number of hydrogen-bond donors (Lipinski definition) is 2. The van der Waals surface area contributed by atoms with Gasteiger partial charge in [0.15, 0.2) is 0 Å². The van der Waals surface area contributed by atoms with Crippen molar-refractivity contribution < 1.29 is 4.79 Å². The molecule has 0 aromatic heterocycles. The van der Waals surface area contributed by atoms with E-state index in [2.05, 4.69) is 4.72 Å². The number of amides is 1. The van der Waals surface area contributed by atoms with Crippen LogP contribution in [0.15, 0.2) is 11.0 Å². The molecule has 1 amide bonds. The van der Waals surface area contributed by atoms with E-state index >= 15 is 0 Å². The fraction of sp³-hybridized carbons (Fsp3) is 0.400. The lowest BCUT2D eigenvalue weighted by atomic mass is 10.5. The minimum absolute atomic E-state index is 0.474. The lowest BCUT2D eigenvalue weighted by Gasteiger charge is -1.98. The van der Waals surface area contributed by atoms with E-state index in [1.807, 2.05) is 13.0 Å². The molecule has 0 spiro atoms. The van der Waals surface area contributed by atoms with Gasteiger partial charge in [0.25, 0.3) is 0 Å². The maximum Gasteiger partial charge on any atom is 0.217 e. The molecular formula is C5H10N2OS. The van der Waals surface area contributed by atoms with Gasteiger partial charge >= 0.3 is 0 Å². The Hall–Kier alpha value is -0.480. The lowest BCUT2D eigenvalue weighted by Crippen LogP contribution is -2.06. The van der Waals surface area contributed by atoms with E-state index in [0.717, 1.165) is 4.91 Å². The van der Waals surface area contributed by atoms with Crippen LogP contribution in [0.1, 0.15) is 6.92 Å². The Morgan fingerprint density at radius 2 is 2.56 bits per heavy atom. The third kappa shape index (κ3) is 4.05. The van der Waals surface area contributed by atoms with Gasteiger partial charge in [0, 0.05) is 11.4 Å². The molecule has 0 aliphatic heterocycles. The van der Waals surface area contributed by atoms with Crippen molar-refractivity contribution in [1.82, 2.24) is 4.72 Å². The zero-order valence-electron chi connectivity index (χ0n) is 5.26. The highest BCUT2D eigenvalue weighted by molar-refractivity contribution is 8.01. The smallest absolute Gasteiger partial charge is 0.217 e. The molecule has 0 saturated carbocycles. The Morgan fingerprint density at radius 3 is 2.89 bits per heavy atom. The van der Waals surface area contributed by atoms with E-state index in [9.17, 15) is 4.79 Å². The Morgan fingerprint density at radius 1 is 1.89 bits per heavy atom. The van der Waals surface area contributed by atoms with Crippen LogP contribution in [-0.4, -0.2) is 13.0 Å². The minimum atomic E-state index is 0.474. The van der Waals surface area contributed by atoms with E-state index in [1.165, 1.54) is 11.9 Å². The lowest BCUT2D eigenvalue weighted by molar-refractivity contribution is -0.107. The van der Waals surface area contributed by atoms with Crippen molar-refractivity contribution in [1.29, 1.82) is 0 Å². The van der Waals surface area contributed by atoms with Crippen LogP contribution in [0.5, 0.6) is 0 Å². The molecule has 9 heavy (non-hydrogen) atoms. The first kappa shape index (κ1) is 8.52. The SMILES string of the molecule is C/C=C(/CN)SNC=O. The van der Waals surface area contributed by atoms with Crippen molar-refractivity contribution in [2.24, 2.45) is 5.73 Å². The van der Waals surface area contributed by atoms with E-state index in [0.29, 0.717) is 13.0 Å². The minimum Gasteiger partial charge on any atom is -0.326 e. The number of allylic oxidation sites excluding steroid dienone is 1. The maximum atomic E-state index is 9.74. The Balaban J connectivity index is 3.44. The van der Waals surface area contributed by atoms with Crippen LogP contribution >= 0.6 is 11.9 Å². The largest absolute Gasteiger partial charge is 0.326 e. The summed E-state index contributed by atoms with van der Waals surface area (Å²) in [4.78, 5) is 10.7. The molecule has 0 unspecified atom stereocenters. The second-order valence-electron chi connectivity index (χ2n) is 1.30. The molecule has 0 saturated heterocycles. The second kappa shape index (κ2) is 5.65. The van der Waals surface area contributed by atoms with Gasteiger partial charge in [-0.3, -0.25) is 9.52 Å².